The van der Waals surface area contributed by atoms with E-state index in [2.05, 4.69) is 23.5 Å². The molecule has 0 radical (unpaired) electrons. The molecule has 0 aliphatic carbocycles. The Morgan fingerprint density at radius 1 is 0.844 bits per heavy atom. The number of nitrogens with one attached hydrogen (secondary N) is 1. The van der Waals surface area contributed by atoms with Crippen molar-refractivity contribution in [3.05, 3.63) is 111 Å². The molecule has 6 heteroatoms. The van der Waals surface area contributed by atoms with Gasteiger partial charge in [0, 0.05) is 27.7 Å². The third kappa shape index (κ3) is 5.93. The van der Waals surface area contributed by atoms with Gasteiger partial charge in [-0.25, -0.2) is 4.39 Å². The Hall–Kier alpha value is -2.30. The summed E-state index contributed by atoms with van der Waals surface area (Å²) >= 11 is 12.3. The molecule has 0 amide bonds. The molecule has 4 aromatic rings. The van der Waals surface area contributed by atoms with Crippen LogP contribution in [0, 0.1) is 5.82 Å². The van der Waals surface area contributed by atoms with Gasteiger partial charge in [-0.2, -0.15) is 0 Å². The lowest BCUT2D eigenvalue weighted by Crippen LogP contribution is -2.18. The third-order valence-electron chi connectivity index (χ3n) is 5.23. The van der Waals surface area contributed by atoms with Gasteiger partial charge in [0.1, 0.15) is 18.2 Å². The van der Waals surface area contributed by atoms with Crippen LogP contribution in [0.25, 0.3) is 10.8 Å². The molecule has 32 heavy (non-hydrogen) atoms. The Kier molecular flexibility index (Phi) is 8.77. The van der Waals surface area contributed by atoms with Crippen LogP contribution in [-0.4, -0.2) is 6.54 Å². The smallest absolute Gasteiger partial charge is 0.126 e. The second kappa shape index (κ2) is 11.5. The normalized spacial score (nSPS) is 10.7. The van der Waals surface area contributed by atoms with Crippen molar-refractivity contribution in [3.63, 3.8) is 0 Å². The summed E-state index contributed by atoms with van der Waals surface area (Å²) in [5.74, 6) is 0.626. The summed E-state index contributed by atoms with van der Waals surface area (Å²) in [6.07, 6.45) is 0.619. The molecular formula is C26H23Cl3FNO. The zero-order valence-electron chi connectivity index (χ0n) is 17.3. The summed E-state index contributed by atoms with van der Waals surface area (Å²) in [6, 6.07) is 24.5. The highest BCUT2D eigenvalue weighted by Crippen LogP contribution is 2.30. The van der Waals surface area contributed by atoms with Gasteiger partial charge >= 0.3 is 0 Å². The van der Waals surface area contributed by atoms with Crippen molar-refractivity contribution in [2.24, 2.45) is 0 Å². The van der Waals surface area contributed by atoms with Gasteiger partial charge in [-0.05, 0) is 53.6 Å². The van der Waals surface area contributed by atoms with Crippen molar-refractivity contribution in [2.75, 3.05) is 6.54 Å². The van der Waals surface area contributed by atoms with Crippen LogP contribution in [0.4, 0.5) is 4.39 Å². The molecule has 0 heterocycles. The Bertz CT molecular complexity index is 1200. The first-order chi connectivity index (χ1) is 15.1. The lowest BCUT2D eigenvalue weighted by atomic mass is 10.0. The van der Waals surface area contributed by atoms with Crippen LogP contribution in [0.15, 0.2) is 78.9 Å². The van der Waals surface area contributed by atoms with Crippen molar-refractivity contribution in [2.45, 2.75) is 19.6 Å². The van der Waals surface area contributed by atoms with E-state index in [-0.39, 0.29) is 18.2 Å². The minimum atomic E-state index is -0.168. The average Bonchev–Trinajstić information content (AvgIpc) is 2.77. The number of rotatable bonds is 8. The molecule has 0 fully saturated rings. The monoisotopic (exact) mass is 489 g/mol. The molecule has 0 unspecified atom stereocenters. The van der Waals surface area contributed by atoms with E-state index in [0.29, 0.717) is 41.7 Å². The van der Waals surface area contributed by atoms with Gasteiger partial charge < -0.3 is 10.1 Å². The summed E-state index contributed by atoms with van der Waals surface area (Å²) < 4.78 is 20.0. The first kappa shape index (κ1) is 24.3. The van der Waals surface area contributed by atoms with Crippen LogP contribution in [-0.2, 0) is 19.6 Å². The Balaban J connectivity index is 0.00000289. The zero-order chi connectivity index (χ0) is 21.6. The molecule has 0 aliphatic heterocycles. The number of benzene rings is 4. The summed E-state index contributed by atoms with van der Waals surface area (Å²) in [5.41, 5.74) is 2.65. The molecule has 166 valence electrons. The maximum atomic E-state index is 13.9. The van der Waals surface area contributed by atoms with Gasteiger partial charge in [-0.1, -0.05) is 77.8 Å². The molecule has 0 aromatic heterocycles. The summed E-state index contributed by atoms with van der Waals surface area (Å²) in [7, 11) is 0. The van der Waals surface area contributed by atoms with Gasteiger partial charge in [0.2, 0.25) is 0 Å². The highest BCUT2D eigenvalue weighted by molar-refractivity contribution is 6.35. The SMILES string of the molecule is Cl.Fc1ccccc1CCNCc1c(OCc2ccc(Cl)cc2Cl)ccc2ccccc12. The first-order valence-electron chi connectivity index (χ1n) is 10.1. The van der Waals surface area contributed by atoms with Crippen molar-refractivity contribution in [3.8, 4) is 5.75 Å². The molecule has 4 aromatic carbocycles. The molecule has 2 nitrogen and oxygen atoms in total. The molecule has 4 rings (SSSR count). The van der Waals surface area contributed by atoms with Crippen LogP contribution in [0.2, 0.25) is 10.0 Å². The minimum absolute atomic E-state index is 0. The fourth-order valence-electron chi connectivity index (χ4n) is 3.57. The fourth-order valence-corrected chi connectivity index (χ4v) is 4.03. The van der Waals surface area contributed by atoms with E-state index in [1.54, 1.807) is 18.2 Å². The van der Waals surface area contributed by atoms with Crippen LogP contribution in [0.1, 0.15) is 16.7 Å². The summed E-state index contributed by atoms with van der Waals surface area (Å²) in [4.78, 5) is 0. The number of hydrogen-bond acceptors (Lipinski definition) is 2. The van der Waals surface area contributed by atoms with Crippen LogP contribution in [0.5, 0.6) is 5.75 Å². The standard InChI is InChI=1S/C26H22Cl2FNO.ClH/c27-21-11-9-20(24(28)15-21)17-31-26-12-10-18-5-1-3-7-22(18)23(26)16-30-14-13-19-6-2-4-8-25(19)29;/h1-12,15,30H,13-14,16-17H2;1H. The Morgan fingerprint density at radius 3 is 2.44 bits per heavy atom. The van der Waals surface area contributed by atoms with Crippen LogP contribution < -0.4 is 10.1 Å². The maximum Gasteiger partial charge on any atom is 0.126 e. The van der Waals surface area contributed by atoms with Crippen LogP contribution in [0.3, 0.4) is 0 Å². The topological polar surface area (TPSA) is 21.3 Å². The molecule has 0 spiro atoms. The first-order valence-corrected chi connectivity index (χ1v) is 10.9. The minimum Gasteiger partial charge on any atom is -0.488 e. The summed E-state index contributed by atoms with van der Waals surface area (Å²) in [6.45, 7) is 1.61. The average molecular weight is 491 g/mol. The van der Waals surface area contributed by atoms with Gasteiger partial charge in [-0.15, -0.1) is 12.4 Å². The summed E-state index contributed by atoms with van der Waals surface area (Å²) in [5, 5.41) is 6.88. The van der Waals surface area contributed by atoms with Crippen molar-refractivity contribution < 1.29 is 9.13 Å². The van der Waals surface area contributed by atoms with Gasteiger partial charge in [0.25, 0.3) is 0 Å². The van der Waals surface area contributed by atoms with E-state index in [1.807, 2.05) is 36.4 Å². The van der Waals surface area contributed by atoms with Crippen molar-refractivity contribution in [1.82, 2.24) is 5.32 Å². The largest absolute Gasteiger partial charge is 0.488 e. The Morgan fingerprint density at radius 2 is 1.62 bits per heavy atom. The van der Waals surface area contributed by atoms with E-state index in [0.717, 1.165) is 27.6 Å². The number of hydrogen-bond donors (Lipinski definition) is 1. The number of ether oxygens (including phenoxy) is 1. The highest BCUT2D eigenvalue weighted by atomic mass is 35.5. The molecule has 0 saturated carbocycles. The van der Waals surface area contributed by atoms with Gasteiger partial charge in [0.05, 0.1) is 0 Å². The second-order valence-electron chi connectivity index (χ2n) is 7.31. The molecule has 0 bridgehead atoms. The van der Waals surface area contributed by atoms with Crippen molar-refractivity contribution in [1.29, 1.82) is 0 Å². The molecule has 0 aliphatic rings. The van der Waals surface area contributed by atoms with Crippen molar-refractivity contribution >= 4 is 46.4 Å². The Labute approximate surface area is 203 Å². The van der Waals surface area contributed by atoms with Gasteiger partial charge in [0.15, 0.2) is 0 Å². The predicted molar refractivity (Wildman–Crippen MR) is 134 cm³/mol. The van der Waals surface area contributed by atoms with Gasteiger partial charge in [-0.3, -0.25) is 0 Å². The lowest BCUT2D eigenvalue weighted by molar-refractivity contribution is 0.303. The predicted octanol–water partition coefficient (Wildman–Crippen LogP) is 7.62. The lowest BCUT2D eigenvalue weighted by Gasteiger charge is -2.16. The molecular weight excluding hydrogens is 468 g/mol. The number of fused-ring (bicyclic) bond motifs is 1. The molecule has 0 atom stereocenters. The van der Waals surface area contributed by atoms with E-state index in [1.165, 1.54) is 6.07 Å². The van der Waals surface area contributed by atoms with E-state index >= 15 is 0 Å². The zero-order valence-corrected chi connectivity index (χ0v) is 19.6. The highest BCUT2D eigenvalue weighted by Gasteiger charge is 2.11. The maximum absolute atomic E-state index is 13.9. The number of halogens is 4. The van der Waals surface area contributed by atoms with E-state index < -0.39 is 0 Å². The second-order valence-corrected chi connectivity index (χ2v) is 8.15. The van der Waals surface area contributed by atoms with E-state index in [9.17, 15) is 4.39 Å². The quantitative estimate of drug-likeness (QED) is 0.256. The fraction of sp³-hybridized carbons (Fsp3) is 0.154. The van der Waals surface area contributed by atoms with E-state index in [4.69, 9.17) is 27.9 Å². The molecule has 0 saturated heterocycles. The molecule has 1 N–H and O–H groups in total. The van der Waals surface area contributed by atoms with Crippen LogP contribution >= 0.6 is 35.6 Å². The third-order valence-corrected chi connectivity index (χ3v) is 5.81.